The molecule has 2 heterocycles. The van der Waals surface area contributed by atoms with E-state index >= 15 is 0 Å². The maximum Gasteiger partial charge on any atom is 0.229 e. The molecule has 1 aromatic carbocycles. The standard InChI is InChI=1S/C16H16BrN5/c17-13-9-19-16(22-15(13)20-11-2-1-3-11)21-12-4-5-14-10(8-12)6-7-18-14/h4-9,11,18H,1-3H2,(H2,19,20,21,22). The molecular formula is C16H16BrN5. The molecule has 0 radical (unpaired) electrons. The molecule has 4 rings (SSSR count). The quantitative estimate of drug-likeness (QED) is 0.646. The fraction of sp³-hybridized carbons (Fsp3) is 0.250. The van der Waals surface area contributed by atoms with Gasteiger partial charge in [-0.15, -0.1) is 0 Å². The van der Waals surface area contributed by atoms with E-state index in [0.29, 0.717) is 12.0 Å². The molecule has 22 heavy (non-hydrogen) atoms. The van der Waals surface area contributed by atoms with Crippen molar-refractivity contribution in [3.8, 4) is 0 Å². The molecule has 0 saturated heterocycles. The molecule has 3 N–H and O–H groups in total. The molecule has 1 fully saturated rings. The van der Waals surface area contributed by atoms with Crippen molar-refractivity contribution in [1.82, 2.24) is 15.0 Å². The summed E-state index contributed by atoms with van der Waals surface area (Å²) < 4.78 is 0.894. The second kappa shape index (κ2) is 5.61. The number of nitrogens with zero attached hydrogens (tertiary/aromatic N) is 2. The summed E-state index contributed by atoms with van der Waals surface area (Å²) in [6.07, 6.45) is 7.44. The van der Waals surface area contributed by atoms with E-state index in [0.717, 1.165) is 26.9 Å². The number of H-pyrrole nitrogens is 1. The van der Waals surface area contributed by atoms with Crippen LogP contribution in [0, 0.1) is 0 Å². The fourth-order valence-electron chi connectivity index (χ4n) is 2.53. The minimum Gasteiger partial charge on any atom is -0.366 e. The van der Waals surface area contributed by atoms with Crippen LogP contribution in [0.2, 0.25) is 0 Å². The van der Waals surface area contributed by atoms with Crippen LogP contribution in [0.4, 0.5) is 17.5 Å². The van der Waals surface area contributed by atoms with Crippen LogP contribution in [0.15, 0.2) is 41.1 Å². The molecule has 0 aliphatic heterocycles. The summed E-state index contributed by atoms with van der Waals surface area (Å²) in [5, 5.41) is 7.88. The van der Waals surface area contributed by atoms with E-state index in [4.69, 9.17) is 0 Å². The lowest BCUT2D eigenvalue weighted by molar-refractivity contribution is 0.444. The third kappa shape index (κ3) is 2.66. The molecule has 0 bridgehead atoms. The van der Waals surface area contributed by atoms with Gasteiger partial charge in [-0.3, -0.25) is 0 Å². The van der Waals surface area contributed by atoms with Crippen molar-refractivity contribution in [3.63, 3.8) is 0 Å². The maximum absolute atomic E-state index is 4.57. The Hall–Kier alpha value is -2.08. The van der Waals surface area contributed by atoms with E-state index in [1.165, 1.54) is 19.3 Å². The van der Waals surface area contributed by atoms with Crippen LogP contribution in [-0.2, 0) is 0 Å². The van der Waals surface area contributed by atoms with E-state index in [9.17, 15) is 0 Å². The van der Waals surface area contributed by atoms with E-state index in [2.05, 4.69) is 47.6 Å². The maximum atomic E-state index is 4.57. The van der Waals surface area contributed by atoms with Crippen LogP contribution in [-0.4, -0.2) is 21.0 Å². The Kier molecular flexibility index (Phi) is 3.46. The van der Waals surface area contributed by atoms with Crippen molar-refractivity contribution in [2.45, 2.75) is 25.3 Å². The average Bonchev–Trinajstić information content (AvgIpc) is 2.93. The van der Waals surface area contributed by atoms with Gasteiger partial charge >= 0.3 is 0 Å². The summed E-state index contributed by atoms with van der Waals surface area (Å²) in [6.45, 7) is 0. The largest absolute Gasteiger partial charge is 0.366 e. The van der Waals surface area contributed by atoms with Crippen molar-refractivity contribution in [2.24, 2.45) is 0 Å². The van der Waals surface area contributed by atoms with Crippen molar-refractivity contribution < 1.29 is 0 Å². The molecule has 2 aromatic heterocycles. The Morgan fingerprint density at radius 1 is 1.23 bits per heavy atom. The first-order valence-corrected chi connectivity index (χ1v) is 8.20. The van der Waals surface area contributed by atoms with E-state index in [1.54, 1.807) is 6.20 Å². The van der Waals surface area contributed by atoms with E-state index in [1.807, 2.05) is 24.4 Å². The summed E-state index contributed by atoms with van der Waals surface area (Å²) in [5.74, 6) is 1.45. The molecule has 0 amide bonds. The van der Waals surface area contributed by atoms with Gasteiger partial charge < -0.3 is 15.6 Å². The Balaban J connectivity index is 1.57. The lowest BCUT2D eigenvalue weighted by Crippen LogP contribution is -2.27. The van der Waals surface area contributed by atoms with Gasteiger partial charge in [-0.1, -0.05) is 0 Å². The van der Waals surface area contributed by atoms with Crippen LogP contribution in [0.1, 0.15) is 19.3 Å². The smallest absolute Gasteiger partial charge is 0.229 e. The Morgan fingerprint density at radius 3 is 2.95 bits per heavy atom. The highest BCUT2D eigenvalue weighted by molar-refractivity contribution is 9.10. The number of hydrogen-bond acceptors (Lipinski definition) is 4. The highest BCUT2D eigenvalue weighted by Gasteiger charge is 2.19. The van der Waals surface area contributed by atoms with Crippen LogP contribution in [0.25, 0.3) is 10.9 Å². The van der Waals surface area contributed by atoms with Crippen molar-refractivity contribution in [1.29, 1.82) is 0 Å². The monoisotopic (exact) mass is 357 g/mol. The molecule has 3 aromatic rings. The summed E-state index contributed by atoms with van der Waals surface area (Å²) in [4.78, 5) is 12.1. The van der Waals surface area contributed by atoms with Gasteiger partial charge in [-0.05, 0) is 59.5 Å². The lowest BCUT2D eigenvalue weighted by Gasteiger charge is -2.27. The van der Waals surface area contributed by atoms with Crippen LogP contribution in [0.5, 0.6) is 0 Å². The van der Waals surface area contributed by atoms with Gasteiger partial charge in [-0.25, -0.2) is 4.98 Å². The number of nitrogens with one attached hydrogen (secondary N) is 3. The molecule has 0 atom stereocenters. The van der Waals surface area contributed by atoms with Crippen LogP contribution in [0.3, 0.4) is 0 Å². The number of anilines is 3. The van der Waals surface area contributed by atoms with Crippen molar-refractivity contribution in [2.75, 3.05) is 10.6 Å². The fourth-order valence-corrected chi connectivity index (χ4v) is 2.84. The van der Waals surface area contributed by atoms with Gasteiger partial charge in [-0.2, -0.15) is 4.98 Å². The Labute approximate surface area is 136 Å². The summed E-state index contributed by atoms with van der Waals surface area (Å²) in [7, 11) is 0. The predicted molar refractivity (Wildman–Crippen MR) is 92.6 cm³/mol. The normalized spacial score (nSPS) is 14.8. The molecule has 112 valence electrons. The second-order valence-corrected chi connectivity index (χ2v) is 6.42. The van der Waals surface area contributed by atoms with Crippen molar-refractivity contribution >= 4 is 44.3 Å². The highest BCUT2D eigenvalue weighted by atomic mass is 79.9. The topological polar surface area (TPSA) is 65.6 Å². The molecule has 1 saturated carbocycles. The average molecular weight is 358 g/mol. The summed E-state index contributed by atoms with van der Waals surface area (Å²) in [5.41, 5.74) is 2.10. The number of rotatable bonds is 4. The molecule has 0 spiro atoms. The number of benzene rings is 1. The zero-order chi connectivity index (χ0) is 14.9. The van der Waals surface area contributed by atoms with Gasteiger partial charge in [0.05, 0.1) is 4.47 Å². The molecular weight excluding hydrogens is 342 g/mol. The SMILES string of the molecule is Brc1cnc(Nc2ccc3[nH]ccc3c2)nc1NC1CCC1. The zero-order valence-corrected chi connectivity index (χ0v) is 13.5. The summed E-state index contributed by atoms with van der Waals surface area (Å²) in [6, 6.07) is 8.73. The zero-order valence-electron chi connectivity index (χ0n) is 11.9. The molecule has 5 nitrogen and oxygen atoms in total. The minimum absolute atomic E-state index is 0.537. The van der Waals surface area contributed by atoms with Gasteiger partial charge in [0.1, 0.15) is 5.82 Å². The Morgan fingerprint density at radius 2 is 2.14 bits per heavy atom. The van der Waals surface area contributed by atoms with Gasteiger partial charge in [0.15, 0.2) is 0 Å². The predicted octanol–water partition coefficient (Wildman–Crippen LogP) is 4.43. The lowest BCUT2D eigenvalue weighted by atomic mass is 9.93. The number of aromatic amines is 1. The van der Waals surface area contributed by atoms with E-state index < -0.39 is 0 Å². The number of aromatic nitrogens is 3. The molecule has 1 aliphatic rings. The van der Waals surface area contributed by atoms with Crippen LogP contribution < -0.4 is 10.6 Å². The highest BCUT2D eigenvalue weighted by Crippen LogP contribution is 2.28. The third-order valence-corrected chi connectivity index (χ3v) is 4.58. The third-order valence-electron chi connectivity index (χ3n) is 4.00. The number of hydrogen-bond donors (Lipinski definition) is 3. The summed E-state index contributed by atoms with van der Waals surface area (Å²) >= 11 is 3.51. The minimum atomic E-state index is 0.537. The first-order chi connectivity index (χ1) is 10.8. The molecule has 1 aliphatic carbocycles. The molecule has 0 unspecified atom stereocenters. The van der Waals surface area contributed by atoms with Gasteiger partial charge in [0.2, 0.25) is 5.95 Å². The van der Waals surface area contributed by atoms with Gasteiger partial charge in [0, 0.05) is 35.0 Å². The molecule has 6 heteroatoms. The number of fused-ring (bicyclic) bond motifs is 1. The van der Waals surface area contributed by atoms with Gasteiger partial charge in [0.25, 0.3) is 0 Å². The Bertz CT molecular complexity index is 809. The first kappa shape index (κ1) is 13.6. The first-order valence-electron chi connectivity index (χ1n) is 7.41. The van der Waals surface area contributed by atoms with Crippen molar-refractivity contribution in [3.05, 3.63) is 41.1 Å². The second-order valence-electron chi connectivity index (χ2n) is 5.57. The number of halogens is 1. The van der Waals surface area contributed by atoms with E-state index in [-0.39, 0.29) is 0 Å². The van der Waals surface area contributed by atoms with Crippen LogP contribution >= 0.6 is 15.9 Å².